The van der Waals surface area contributed by atoms with E-state index in [-0.39, 0.29) is 18.0 Å². The van der Waals surface area contributed by atoms with Gasteiger partial charge in [-0.15, -0.1) is 0 Å². The van der Waals surface area contributed by atoms with Gasteiger partial charge in [-0.3, -0.25) is 9.69 Å². The fourth-order valence-electron chi connectivity index (χ4n) is 3.97. The molecule has 0 N–H and O–H groups in total. The maximum absolute atomic E-state index is 13.3. The second-order valence-electron chi connectivity index (χ2n) is 9.24. The Morgan fingerprint density at radius 1 is 1.10 bits per heavy atom. The number of ether oxygens (including phenoxy) is 1. The SMILES string of the molecule is CC(C)N(C(=O)OC(C)(C)C)c1ncccc1C1CCCCN1C(=O)c1ccccc1. The Kier molecular flexibility index (Phi) is 6.98. The molecule has 2 aromatic rings. The highest BCUT2D eigenvalue weighted by Crippen LogP contribution is 2.37. The van der Waals surface area contributed by atoms with E-state index in [1.807, 2.05) is 82.0 Å². The van der Waals surface area contributed by atoms with Gasteiger partial charge in [0.2, 0.25) is 0 Å². The normalized spacial score (nSPS) is 16.8. The number of anilines is 1. The third-order valence-electron chi connectivity index (χ3n) is 5.30. The smallest absolute Gasteiger partial charge is 0.416 e. The third-order valence-corrected chi connectivity index (χ3v) is 5.30. The van der Waals surface area contributed by atoms with Crippen molar-refractivity contribution in [2.24, 2.45) is 0 Å². The maximum Gasteiger partial charge on any atom is 0.416 e. The summed E-state index contributed by atoms with van der Waals surface area (Å²) in [5.74, 6) is 0.568. The van der Waals surface area contributed by atoms with Gasteiger partial charge in [0.05, 0.1) is 6.04 Å². The number of hydrogen-bond acceptors (Lipinski definition) is 4. The first-order chi connectivity index (χ1) is 14.7. The lowest BCUT2D eigenvalue weighted by atomic mass is 9.94. The Labute approximate surface area is 185 Å². The monoisotopic (exact) mass is 423 g/mol. The molecule has 1 aliphatic heterocycles. The number of carbonyl (C=O) groups excluding carboxylic acids is 2. The number of rotatable bonds is 4. The number of amides is 2. The number of benzene rings is 1. The van der Waals surface area contributed by atoms with Crippen molar-refractivity contribution in [1.82, 2.24) is 9.88 Å². The average Bonchev–Trinajstić information content (AvgIpc) is 2.73. The zero-order chi connectivity index (χ0) is 22.6. The first-order valence-corrected chi connectivity index (χ1v) is 11.0. The molecule has 1 atom stereocenters. The summed E-state index contributed by atoms with van der Waals surface area (Å²) in [6, 6.07) is 12.9. The molecule has 0 radical (unpaired) electrons. The molecule has 0 saturated carbocycles. The van der Waals surface area contributed by atoms with Crippen LogP contribution in [-0.4, -0.2) is 40.1 Å². The first-order valence-electron chi connectivity index (χ1n) is 11.0. The van der Waals surface area contributed by atoms with E-state index in [2.05, 4.69) is 4.98 Å². The number of pyridine rings is 1. The summed E-state index contributed by atoms with van der Waals surface area (Å²) in [4.78, 5) is 34.5. The van der Waals surface area contributed by atoms with Gasteiger partial charge in [-0.2, -0.15) is 0 Å². The Balaban J connectivity index is 2.00. The lowest BCUT2D eigenvalue weighted by molar-refractivity contribution is 0.0567. The molecular weight excluding hydrogens is 390 g/mol. The van der Waals surface area contributed by atoms with Crippen LogP contribution < -0.4 is 4.90 Å². The van der Waals surface area contributed by atoms with Crippen molar-refractivity contribution in [3.8, 4) is 0 Å². The molecule has 0 spiro atoms. The van der Waals surface area contributed by atoms with Crippen LogP contribution >= 0.6 is 0 Å². The molecule has 31 heavy (non-hydrogen) atoms. The van der Waals surface area contributed by atoms with Gasteiger partial charge >= 0.3 is 6.09 Å². The number of piperidine rings is 1. The average molecular weight is 424 g/mol. The lowest BCUT2D eigenvalue weighted by Gasteiger charge is -2.38. The summed E-state index contributed by atoms with van der Waals surface area (Å²) in [6.45, 7) is 10.1. The summed E-state index contributed by atoms with van der Waals surface area (Å²) >= 11 is 0. The molecular formula is C25H33N3O3. The minimum Gasteiger partial charge on any atom is -0.443 e. The van der Waals surface area contributed by atoms with E-state index in [9.17, 15) is 9.59 Å². The van der Waals surface area contributed by atoms with Gasteiger partial charge in [-0.25, -0.2) is 9.78 Å². The van der Waals surface area contributed by atoms with E-state index >= 15 is 0 Å². The first kappa shape index (κ1) is 22.8. The number of nitrogens with zero attached hydrogens (tertiary/aromatic N) is 3. The Morgan fingerprint density at radius 3 is 2.45 bits per heavy atom. The summed E-state index contributed by atoms with van der Waals surface area (Å²) in [6.07, 6.45) is 4.07. The zero-order valence-corrected chi connectivity index (χ0v) is 19.2. The van der Waals surface area contributed by atoms with Gasteiger partial charge < -0.3 is 9.64 Å². The van der Waals surface area contributed by atoms with Gasteiger partial charge in [-0.1, -0.05) is 24.3 Å². The minimum absolute atomic E-state index is 0.00784. The lowest BCUT2D eigenvalue weighted by Crippen LogP contribution is -2.44. The van der Waals surface area contributed by atoms with E-state index in [1.54, 1.807) is 11.1 Å². The van der Waals surface area contributed by atoms with E-state index in [0.29, 0.717) is 17.9 Å². The molecule has 1 aromatic heterocycles. The van der Waals surface area contributed by atoms with Crippen molar-refractivity contribution in [2.45, 2.75) is 71.6 Å². The van der Waals surface area contributed by atoms with Crippen molar-refractivity contribution >= 4 is 17.8 Å². The van der Waals surface area contributed by atoms with Crippen LogP contribution in [0.5, 0.6) is 0 Å². The van der Waals surface area contributed by atoms with Crippen LogP contribution in [0.2, 0.25) is 0 Å². The quantitative estimate of drug-likeness (QED) is 0.642. The largest absolute Gasteiger partial charge is 0.443 e. The molecule has 166 valence electrons. The molecule has 2 amide bonds. The fourth-order valence-corrected chi connectivity index (χ4v) is 3.97. The molecule has 0 aliphatic carbocycles. The molecule has 2 heterocycles. The van der Waals surface area contributed by atoms with Crippen molar-refractivity contribution in [3.05, 3.63) is 59.8 Å². The van der Waals surface area contributed by atoms with E-state index < -0.39 is 11.7 Å². The van der Waals surface area contributed by atoms with Crippen molar-refractivity contribution in [2.75, 3.05) is 11.4 Å². The van der Waals surface area contributed by atoms with Gasteiger partial charge in [0.15, 0.2) is 0 Å². The molecule has 0 bridgehead atoms. The second kappa shape index (κ2) is 9.50. The van der Waals surface area contributed by atoms with Gasteiger partial charge in [0.1, 0.15) is 11.4 Å². The van der Waals surface area contributed by atoms with Crippen LogP contribution in [0, 0.1) is 0 Å². The zero-order valence-electron chi connectivity index (χ0n) is 19.2. The second-order valence-corrected chi connectivity index (χ2v) is 9.24. The molecule has 6 nitrogen and oxygen atoms in total. The van der Waals surface area contributed by atoms with E-state index in [4.69, 9.17) is 4.74 Å². The minimum atomic E-state index is -0.612. The predicted octanol–water partition coefficient (Wildman–Crippen LogP) is 5.60. The highest BCUT2D eigenvalue weighted by atomic mass is 16.6. The van der Waals surface area contributed by atoms with Crippen LogP contribution in [0.15, 0.2) is 48.7 Å². The Morgan fingerprint density at radius 2 is 1.81 bits per heavy atom. The Hall–Kier alpha value is -2.89. The van der Waals surface area contributed by atoms with Crippen LogP contribution in [0.25, 0.3) is 0 Å². The predicted molar refractivity (Wildman–Crippen MR) is 122 cm³/mol. The van der Waals surface area contributed by atoms with Gasteiger partial charge in [-0.05, 0) is 72.1 Å². The maximum atomic E-state index is 13.3. The van der Waals surface area contributed by atoms with Crippen molar-refractivity contribution in [1.29, 1.82) is 0 Å². The Bertz CT molecular complexity index is 906. The molecule has 6 heteroatoms. The molecule has 1 fully saturated rings. The summed E-state index contributed by atoms with van der Waals surface area (Å²) in [5, 5.41) is 0. The summed E-state index contributed by atoms with van der Waals surface area (Å²) in [5.41, 5.74) is 0.943. The van der Waals surface area contributed by atoms with Crippen LogP contribution in [0.1, 0.15) is 75.8 Å². The number of hydrogen-bond donors (Lipinski definition) is 0. The molecule has 1 unspecified atom stereocenters. The third kappa shape index (κ3) is 5.43. The van der Waals surface area contributed by atoms with Crippen LogP contribution in [-0.2, 0) is 4.74 Å². The van der Waals surface area contributed by atoms with Crippen molar-refractivity contribution in [3.63, 3.8) is 0 Å². The number of likely N-dealkylation sites (tertiary alicyclic amines) is 1. The van der Waals surface area contributed by atoms with Gasteiger partial charge in [0, 0.05) is 29.9 Å². The molecule has 1 saturated heterocycles. The number of carbonyl (C=O) groups is 2. The van der Waals surface area contributed by atoms with Gasteiger partial charge in [0.25, 0.3) is 5.91 Å². The molecule has 1 aliphatic rings. The summed E-state index contributed by atoms with van der Waals surface area (Å²) < 4.78 is 5.67. The van der Waals surface area contributed by atoms with Crippen LogP contribution in [0.3, 0.4) is 0 Å². The standard InChI is InChI=1S/C25H33N3O3/c1-18(2)28(24(30)31-25(3,4)5)22-20(14-11-16-26-22)21-15-9-10-17-27(21)23(29)19-12-7-6-8-13-19/h6-8,11-14,16,18,21H,9-10,15,17H2,1-5H3. The highest BCUT2D eigenvalue weighted by Gasteiger charge is 2.34. The fraction of sp³-hybridized carbons (Fsp3) is 0.480. The van der Waals surface area contributed by atoms with E-state index in [1.165, 1.54) is 0 Å². The number of aromatic nitrogens is 1. The summed E-state index contributed by atoms with van der Waals surface area (Å²) in [7, 11) is 0. The van der Waals surface area contributed by atoms with E-state index in [0.717, 1.165) is 24.8 Å². The molecule has 1 aromatic carbocycles. The molecule has 3 rings (SSSR count). The van der Waals surface area contributed by atoms with Crippen LogP contribution in [0.4, 0.5) is 10.6 Å². The van der Waals surface area contributed by atoms with Crippen molar-refractivity contribution < 1.29 is 14.3 Å². The topological polar surface area (TPSA) is 62.7 Å². The highest BCUT2D eigenvalue weighted by molar-refractivity contribution is 5.95.